The van der Waals surface area contributed by atoms with Gasteiger partial charge in [0.15, 0.2) is 0 Å². The molecule has 3 heteroatoms. The lowest BCUT2D eigenvalue weighted by molar-refractivity contribution is 0.184. The lowest BCUT2D eigenvalue weighted by atomic mass is 9.97. The number of benzene rings is 1. The second-order valence-electron chi connectivity index (χ2n) is 4.19. The molecule has 0 fully saturated rings. The summed E-state index contributed by atoms with van der Waals surface area (Å²) < 4.78 is 4.89. The first-order valence-electron chi connectivity index (χ1n) is 4.93. The predicted molar refractivity (Wildman–Crippen MR) is 65.1 cm³/mol. The number of ether oxygens (including phenoxy) is 1. The zero-order valence-corrected chi connectivity index (χ0v) is 10.3. The van der Waals surface area contributed by atoms with Gasteiger partial charge in [0.1, 0.15) is 0 Å². The maximum absolute atomic E-state index is 9.15. The monoisotopic (exact) mass is 226 g/mol. The van der Waals surface area contributed by atoms with Crippen LogP contribution in [0.25, 0.3) is 0 Å². The van der Waals surface area contributed by atoms with E-state index in [1.807, 2.05) is 26.0 Å². The van der Waals surface area contributed by atoms with E-state index in [4.69, 9.17) is 9.84 Å². The third-order valence-corrected chi connectivity index (χ3v) is 2.51. The van der Waals surface area contributed by atoms with Gasteiger partial charge < -0.3 is 9.84 Å². The largest absolute Gasteiger partial charge is 0.392 e. The van der Waals surface area contributed by atoms with Gasteiger partial charge in [-0.3, -0.25) is 0 Å². The second kappa shape index (κ2) is 5.01. The van der Waals surface area contributed by atoms with Gasteiger partial charge in [0.25, 0.3) is 0 Å². The molecule has 0 aliphatic rings. The molecular formula is C12H18O2S. The van der Waals surface area contributed by atoms with Crippen molar-refractivity contribution in [2.45, 2.75) is 31.8 Å². The zero-order chi connectivity index (χ0) is 11.5. The summed E-state index contributed by atoms with van der Waals surface area (Å²) in [4.78, 5) is 0. The van der Waals surface area contributed by atoms with Crippen LogP contribution in [-0.2, 0) is 22.7 Å². The molecule has 0 bridgehead atoms. The third-order valence-electron chi connectivity index (χ3n) is 2.25. The van der Waals surface area contributed by atoms with Crippen molar-refractivity contribution in [3.8, 4) is 0 Å². The molecule has 1 N–H and O–H groups in total. The molecule has 1 aromatic carbocycles. The highest BCUT2D eigenvalue weighted by Gasteiger charge is 2.16. The van der Waals surface area contributed by atoms with Crippen LogP contribution in [0.1, 0.15) is 30.5 Å². The summed E-state index contributed by atoms with van der Waals surface area (Å²) in [6, 6.07) is 5.99. The first-order chi connectivity index (χ1) is 6.97. The molecule has 0 amide bonds. The van der Waals surface area contributed by atoms with Crippen molar-refractivity contribution in [1.82, 2.24) is 0 Å². The maximum Gasteiger partial charge on any atom is 0.0713 e. The molecule has 0 saturated carbocycles. The number of aliphatic hydroxyl groups excluding tert-OH is 1. The van der Waals surface area contributed by atoms with E-state index in [0.717, 1.165) is 16.7 Å². The quantitative estimate of drug-likeness (QED) is 0.772. The number of thiol groups is 1. The number of hydrogen-bond donors (Lipinski definition) is 2. The van der Waals surface area contributed by atoms with Crippen molar-refractivity contribution < 1.29 is 9.84 Å². The fourth-order valence-electron chi connectivity index (χ4n) is 1.46. The van der Waals surface area contributed by atoms with Crippen molar-refractivity contribution in [3.63, 3.8) is 0 Å². The summed E-state index contributed by atoms with van der Waals surface area (Å²) in [6.07, 6.45) is 0. The lowest BCUT2D eigenvalue weighted by Crippen LogP contribution is -2.09. The van der Waals surface area contributed by atoms with E-state index in [1.54, 1.807) is 7.11 Å². The predicted octanol–water partition coefficient (Wildman–Crippen LogP) is 2.49. The van der Waals surface area contributed by atoms with E-state index in [0.29, 0.717) is 6.61 Å². The summed E-state index contributed by atoms with van der Waals surface area (Å²) >= 11 is 4.52. The smallest absolute Gasteiger partial charge is 0.0713 e. The molecule has 0 heterocycles. The maximum atomic E-state index is 9.15. The molecule has 0 atom stereocenters. The normalized spacial score (nSPS) is 11.8. The van der Waals surface area contributed by atoms with E-state index in [-0.39, 0.29) is 11.4 Å². The van der Waals surface area contributed by atoms with Gasteiger partial charge in [-0.2, -0.15) is 12.6 Å². The number of aliphatic hydroxyl groups is 1. The highest BCUT2D eigenvalue weighted by Crippen LogP contribution is 2.29. The highest BCUT2D eigenvalue weighted by molar-refractivity contribution is 7.81. The fraction of sp³-hybridized carbons (Fsp3) is 0.500. The summed E-state index contributed by atoms with van der Waals surface area (Å²) in [5.74, 6) is 0. The Balaban J connectivity index is 3.11. The van der Waals surface area contributed by atoms with Crippen LogP contribution < -0.4 is 0 Å². The van der Waals surface area contributed by atoms with Crippen LogP contribution in [0.4, 0.5) is 0 Å². The van der Waals surface area contributed by atoms with Crippen LogP contribution in [0.15, 0.2) is 18.2 Å². The minimum atomic E-state index is -0.201. The van der Waals surface area contributed by atoms with Gasteiger partial charge in [0.2, 0.25) is 0 Å². The Hall–Kier alpha value is -0.510. The number of rotatable bonds is 4. The van der Waals surface area contributed by atoms with Crippen molar-refractivity contribution in [2.24, 2.45) is 0 Å². The summed E-state index contributed by atoms with van der Waals surface area (Å²) in [5.41, 5.74) is 3.08. The Morgan fingerprint density at radius 3 is 2.33 bits per heavy atom. The van der Waals surface area contributed by atoms with Crippen molar-refractivity contribution in [2.75, 3.05) is 7.11 Å². The molecule has 0 aliphatic heterocycles. The van der Waals surface area contributed by atoms with Crippen LogP contribution in [0.2, 0.25) is 0 Å². The van der Waals surface area contributed by atoms with Crippen LogP contribution >= 0.6 is 12.6 Å². The Morgan fingerprint density at radius 1 is 1.27 bits per heavy atom. The van der Waals surface area contributed by atoms with Crippen LogP contribution in [0, 0.1) is 0 Å². The van der Waals surface area contributed by atoms with Gasteiger partial charge in [-0.05, 0) is 30.5 Å². The molecule has 0 spiro atoms. The molecule has 1 rings (SSSR count). The molecule has 0 saturated heterocycles. The Kier molecular flexibility index (Phi) is 4.20. The van der Waals surface area contributed by atoms with E-state index in [1.165, 1.54) is 0 Å². The van der Waals surface area contributed by atoms with Crippen molar-refractivity contribution in [3.05, 3.63) is 34.9 Å². The van der Waals surface area contributed by atoms with Crippen molar-refractivity contribution in [1.29, 1.82) is 0 Å². The van der Waals surface area contributed by atoms with Crippen LogP contribution in [-0.4, -0.2) is 12.2 Å². The molecule has 0 aliphatic carbocycles. The van der Waals surface area contributed by atoms with Gasteiger partial charge in [-0.1, -0.05) is 18.2 Å². The first-order valence-corrected chi connectivity index (χ1v) is 5.37. The lowest BCUT2D eigenvalue weighted by Gasteiger charge is -2.20. The molecule has 1 aromatic rings. The summed E-state index contributed by atoms with van der Waals surface area (Å²) in [6.45, 7) is 4.67. The minimum absolute atomic E-state index is 0.0500. The summed E-state index contributed by atoms with van der Waals surface area (Å²) in [7, 11) is 1.66. The fourth-order valence-corrected chi connectivity index (χ4v) is 1.59. The van der Waals surface area contributed by atoms with E-state index in [9.17, 15) is 0 Å². The van der Waals surface area contributed by atoms with E-state index >= 15 is 0 Å². The van der Waals surface area contributed by atoms with Gasteiger partial charge in [-0.25, -0.2) is 0 Å². The molecule has 2 nitrogen and oxygen atoms in total. The Bertz CT molecular complexity index is 329. The second-order valence-corrected chi connectivity index (χ2v) is 5.31. The average molecular weight is 226 g/mol. The van der Waals surface area contributed by atoms with Gasteiger partial charge in [0, 0.05) is 11.9 Å². The third kappa shape index (κ3) is 3.52. The average Bonchev–Trinajstić information content (AvgIpc) is 2.16. The Labute approximate surface area is 96.7 Å². The van der Waals surface area contributed by atoms with Crippen LogP contribution in [0.5, 0.6) is 0 Å². The zero-order valence-electron chi connectivity index (χ0n) is 9.45. The molecule has 0 unspecified atom stereocenters. The molecule has 0 radical (unpaired) electrons. The topological polar surface area (TPSA) is 29.5 Å². The standard InChI is InChI=1S/C12H18O2S/c1-12(2,15)11-5-9(7-13)4-10(6-11)8-14-3/h4-6,13,15H,7-8H2,1-3H3. The number of methoxy groups -OCH3 is 1. The van der Waals surface area contributed by atoms with Crippen molar-refractivity contribution >= 4 is 12.6 Å². The SMILES string of the molecule is COCc1cc(CO)cc(C(C)(C)S)c1. The highest BCUT2D eigenvalue weighted by atomic mass is 32.1. The first kappa shape index (κ1) is 12.6. The van der Waals surface area contributed by atoms with Gasteiger partial charge >= 0.3 is 0 Å². The van der Waals surface area contributed by atoms with Gasteiger partial charge in [-0.15, -0.1) is 0 Å². The Morgan fingerprint density at radius 2 is 1.87 bits per heavy atom. The summed E-state index contributed by atoms with van der Waals surface area (Å²) in [5, 5.41) is 9.15. The van der Waals surface area contributed by atoms with E-state index in [2.05, 4.69) is 18.7 Å². The molecular weight excluding hydrogens is 208 g/mol. The van der Waals surface area contributed by atoms with Crippen LogP contribution in [0.3, 0.4) is 0 Å². The number of hydrogen-bond acceptors (Lipinski definition) is 3. The van der Waals surface area contributed by atoms with E-state index < -0.39 is 0 Å². The van der Waals surface area contributed by atoms with Gasteiger partial charge in [0.05, 0.1) is 13.2 Å². The minimum Gasteiger partial charge on any atom is -0.392 e. The molecule has 0 aromatic heterocycles. The molecule has 84 valence electrons. The molecule has 15 heavy (non-hydrogen) atoms.